The fraction of sp³-hybridized carbons (Fsp3) is 0.476. The minimum Gasteiger partial charge on any atom is -0.375 e. The van der Waals surface area contributed by atoms with E-state index in [4.69, 9.17) is 0 Å². The highest BCUT2D eigenvalue weighted by Gasteiger charge is 2.19. The van der Waals surface area contributed by atoms with Crippen molar-refractivity contribution in [2.24, 2.45) is 0 Å². The van der Waals surface area contributed by atoms with E-state index in [0.717, 1.165) is 48.3 Å². The summed E-state index contributed by atoms with van der Waals surface area (Å²) in [6.45, 7) is 8.53. The molecule has 1 aromatic carbocycles. The highest BCUT2D eigenvalue weighted by molar-refractivity contribution is 7.98. The largest absolute Gasteiger partial charge is 0.375 e. The fourth-order valence-corrected chi connectivity index (χ4v) is 3.60. The summed E-state index contributed by atoms with van der Waals surface area (Å²) in [5, 5.41) is 3.88. The van der Waals surface area contributed by atoms with Crippen LogP contribution >= 0.6 is 11.8 Å². The van der Waals surface area contributed by atoms with Crippen LogP contribution in [-0.2, 0) is 4.79 Å². The Morgan fingerprint density at radius 1 is 1.14 bits per heavy atom. The van der Waals surface area contributed by atoms with Crippen LogP contribution in [0.1, 0.15) is 32.5 Å². The van der Waals surface area contributed by atoms with Crippen molar-refractivity contribution in [3.05, 3.63) is 36.2 Å². The summed E-state index contributed by atoms with van der Waals surface area (Å²) in [6, 6.07) is 10.2. The molecule has 2 rings (SSSR count). The third-order valence-electron chi connectivity index (χ3n) is 4.58. The number of anilines is 3. The van der Waals surface area contributed by atoms with E-state index < -0.39 is 0 Å². The Labute approximate surface area is 172 Å². The van der Waals surface area contributed by atoms with Gasteiger partial charge in [-0.25, -0.2) is 9.97 Å². The van der Waals surface area contributed by atoms with E-state index in [-0.39, 0.29) is 5.91 Å². The lowest BCUT2D eigenvalue weighted by Gasteiger charge is -2.24. The zero-order valence-corrected chi connectivity index (χ0v) is 18.3. The van der Waals surface area contributed by atoms with Crippen LogP contribution < -0.4 is 15.1 Å². The van der Waals surface area contributed by atoms with E-state index in [2.05, 4.69) is 51.1 Å². The summed E-state index contributed by atoms with van der Waals surface area (Å²) in [5.74, 6) is 1.52. The highest BCUT2D eigenvalue weighted by Crippen LogP contribution is 2.32. The second-order valence-electron chi connectivity index (χ2n) is 6.56. The van der Waals surface area contributed by atoms with Crippen molar-refractivity contribution < 1.29 is 4.79 Å². The smallest absolute Gasteiger partial charge is 0.224 e. The van der Waals surface area contributed by atoms with E-state index in [0.29, 0.717) is 12.2 Å². The van der Waals surface area contributed by atoms with Crippen LogP contribution in [0, 0.1) is 6.92 Å². The molecule has 1 heterocycles. The molecule has 0 bridgehead atoms. The second-order valence-corrected chi connectivity index (χ2v) is 7.35. The third-order valence-corrected chi connectivity index (χ3v) is 5.27. The Bertz CT molecular complexity index is 765. The van der Waals surface area contributed by atoms with E-state index in [1.807, 2.05) is 38.4 Å². The van der Waals surface area contributed by atoms with Crippen LogP contribution in [0.25, 0.3) is 0 Å². The van der Waals surface area contributed by atoms with Crippen LogP contribution in [0.5, 0.6) is 0 Å². The number of para-hydroxylation sites is 1. The van der Waals surface area contributed by atoms with Crippen LogP contribution in [0.3, 0.4) is 0 Å². The SMILES string of the molecule is CCN(CC)c1nc(C)nc(SC)c1NC(=O)CCCN(C)c1ccccc1. The van der Waals surface area contributed by atoms with Gasteiger partial charge in [0.2, 0.25) is 5.91 Å². The minimum atomic E-state index is -0.00220. The molecule has 0 fully saturated rings. The summed E-state index contributed by atoms with van der Waals surface area (Å²) < 4.78 is 0. The maximum Gasteiger partial charge on any atom is 0.224 e. The maximum absolute atomic E-state index is 12.6. The molecule has 1 N–H and O–H groups in total. The number of carbonyl (C=O) groups excluding carboxylic acids is 1. The standard InChI is InChI=1S/C21H31N5OS/c1-6-26(7-2)20-19(21(28-5)23-16(3)22-20)24-18(27)14-11-15-25(4)17-12-9-8-10-13-17/h8-10,12-13H,6-7,11,14-15H2,1-5H3,(H,24,27). The molecule has 28 heavy (non-hydrogen) atoms. The summed E-state index contributed by atoms with van der Waals surface area (Å²) in [4.78, 5) is 26.0. The van der Waals surface area contributed by atoms with E-state index in [9.17, 15) is 4.79 Å². The molecule has 152 valence electrons. The van der Waals surface area contributed by atoms with Crippen molar-refractivity contribution in [1.29, 1.82) is 0 Å². The van der Waals surface area contributed by atoms with Gasteiger partial charge >= 0.3 is 0 Å². The van der Waals surface area contributed by atoms with Gasteiger partial charge in [-0.3, -0.25) is 4.79 Å². The van der Waals surface area contributed by atoms with Crippen LogP contribution in [0.15, 0.2) is 35.4 Å². The molecule has 0 aliphatic carbocycles. The molecule has 6 nitrogen and oxygen atoms in total. The first kappa shape index (κ1) is 22.0. The van der Waals surface area contributed by atoms with Gasteiger partial charge in [0.15, 0.2) is 5.82 Å². The first-order chi connectivity index (χ1) is 13.5. The Morgan fingerprint density at radius 2 is 1.82 bits per heavy atom. The summed E-state index contributed by atoms with van der Waals surface area (Å²) in [5.41, 5.74) is 1.88. The van der Waals surface area contributed by atoms with Gasteiger partial charge in [-0.15, -0.1) is 11.8 Å². The predicted molar refractivity (Wildman–Crippen MR) is 120 cm³/mol. The molecular weight excluding hydrogens is 370 g/mol. The van der Waals surface area contributed by atoms with Crippen molar-refractivity contribution in [2.75, 3.05) is 48.1 Å². The number of thioether (sulfide) groups is 1. The van der Waals surface area contributed by atoms with Gasteiger partial charge in [-0.1, -0.05) is 18.2 Å². The van der Waals surface area contributed by atoms with Crippen molar-refractivity contribution >= 4 is 34.9 Å². The first-order valence-electron chi connectivity index (χ1n) is 9.73. The molecule has 0 spiro atoms. The van der Waals surface area contributed by atoms with E-state index >= 15 is 0 Å². The summed E-state index contributed by atoms with van der Waals surface area (Å²) in [7, 11) is 2.05. The number of nitrogens with one attached hydrogen (secondary N) is 1. The molecule has 0 aliphatic rings. The second kappa shape index (κ2) is 10.9. The Balaban J connectivity index is 2.04. The number of carbonyl (C=O) groups is 1. The number of aryl methyl sites for hydroxylation is 1. The minimum absolute atomic E-state index is 0.00220. The molecule has 0 aliphatic heterocycles. The van der Waals surface area contributed by atoms with Crippen molar-refractivity contribution in [3.8, 4) is 0 Å². The molecule has 0 saturated carbocycles. The van der Waals surface area contributed by atoms with Crippen LogP contribution in [0.4, 0.5) is 17.2 Å². The van der Waals surface area contributed by atoms with Crippen molar-refractivity contribution in [1.82, 2.24) is 9.97 Å². The summed E-state index contributed by atoms with van der Waals surface area (Å²) >= 11 is 1.53. The molecule has 0 saturated heterocycles. The molecule has 1 aromatic heterocycles. The number of rotatable bonds is 10. The summed E-state index contributed by atoms with van der Waals surface area (Å²) in [6.07, 6.45) is 3.20. The van der Waals surface area contributed by atoms with Gasteiger partial charge in [-0.2, -0.15) is 0 Å². The van der Waals surface area contributed by atoms with Crippen LogP contribution in [-0.4, -0.2) is 48.8 Å². The normalized spacial score (nSPS) is 10.6. The lowest BCUT2D eigenvalue weighted by atomic mass is 10.2. The number of hydrogen-bond donors (Lipinski definition) is 1. The first-order valence-corrected chi connectivity index (χ1v) is 11.0. The van der Waals surface area contributed by atoms with E-state index in [1.54, 1.807) is 0 Å². The Hall–Kier alpha value is -2.28. The number of amides is 1. The van der Waals surface area contributed by atoms with Gasteiger partial charge in [0, 0.05) is 38.8 Å². The Kier molecular flexibility index (Phi) is 8.57. The number of nitrogens with zero attached hydrogens (tertiary/aromatic N) is 4. The van der Waals surface area contributed by atoms with Crippen molar-refractivity contribution in [2.45, 2.75) is 38.6 Å². The predicted octanol–water partition coefficient (Wildman–Crippen LogP) is 4.21. The van der Waals surface area contributed by atoms with Gasteiger partial charge in [0.25, 0.3) is 0 Å². The maximum atomic E-state index is 12.6. The van der Waals surface area contributed by atoms with Gasteiger partial charge in [0.1, 0.15) is 16.5 Å². The fourth-order valence-electron chi connectivity index (χ4n) is 3.03. The number of aromatic nitrogens is 2. The molecule has 0 radical (unpaired) electrons. The third kappa shape index (κ3) is 5.86. The molecule has 2 aromatic rings. The Morgan fingerprint density at radius 3 is 2.43 bits per heavy atom. The molecule has 0 unspecified atom stereocenters. The van der Waals surface area contributed by atoms with E-state index in [1.165, 1.54) is 11.8 Å². The van der Waals surface area contributed by atoms with Crippen molar-refractivity contribution in [3.63, 3.8) is 0 Å². The lowest BCUT2D eigenvalue weighted by Crippen LogP contribution is -2.26. The molecular formula is C21H31N5OS. The van der Waals surface area contributed by atoms with Crippen LogP contribution in [0.2, 0.25) is 0 Å². The quantitative estimate of drug-likeness (QED) is 0.475. The monoisotopic (exact) mass is 401 g/mol. The molecule has 0 atom stereocenters. The highest BCUT2D eigenvalue weighted by atomic mass is 32.2. The average molecular weight is 402 g/mol. The zero-order valence-electron chi connectivity index (χ0n) is 17.5. The van der Waals surface area contributed by atoms with Gasteiger partial charge in [0.05, 0.1) is 0 Å². The number of benzene rings is 1. The van der Waals surface area contributed by atoms with Gasteiger partial charge < -0.3 is 15.1 Å². The topological polar surface area (TPSA) is 61.4 Å². The lowest BCUT2D eigenvalue weighted by molar-refractivity contribution is -0.116. The molecule has 7 heteroatoms. The zero-order chi connectivity index (χ0) is 20.5. The van der Waals surface area contributed by atoms with Gasteiger partial charge in [-0.05, 0) is 45.6 Å². The average Bonchev–Trinajstić information content (AvgIpc) is 2.71. The molecule has 1 amide bonds. The number of hydrogen-bond acceptors (Lipinski definition) is 6.